The van der Waals surface area contributed by atoms with Crippen LogP contribution in [0.2, 0.25) is 0 Å². The number of nitrogens with one attached hydrogen (secondary N) is 1. The monoisotopic (exact) mass is 255 g/mol. The van der Waals surface area contributed by atoms with E-state index in [1.807, 2.05) is 18.0 Å². The van der Waals surface area contributed by atoms with E-state index < -0.39 is 0 Å². The van der Waals surface area contributed by atoms with Crippen LogP contribution in [0.5, 0.6) is 0 Å². The molecule has 1 atom stereocenters. The standard InChI is InChI=1S/C11H17N3S2/c1-9(3-5-15-2)12-7-10-8-14-4-6-16-11(14)13-10/h4,6,8-9,12H,3,5,7H2,1-2H3. The summed E-state index contributed by atoms with van der Waals surface area (Å²) in [5.41, 5.74) is 1.13. The van der Waals surface area contributed by atoms with Gasteiger partial charge in [-0.3, -0.25) is 4.40 Å². The molecule has 0 saturated carbocycles. The molecule has 1 unspecified atom stereocenters. The minimum atomic E-state index is 0.562. The smallest absolute Gasteiger partial charge is 0.193 e. The number of fused-ring (bicyclic) bond motifs is 1. The van der Waals surface area contributed by atoms with Crippen LogP contribution in [-0.2, 0) is 6.54 Å². The fourth-order valence-electron chi connectivity index (χ4n) is 1.54. The van der Waals surface area contributed by atoms with E-state index in [9.17, 15) is 0 Å². The van der Waals surface area contributed by atoms with Gasteiger partial charge in [0.1, 0.15) is 0 Å². The van der Waals surface area contributed by atoms with E-state index in [0.717, 1.165) is 17.2 Å². The number of aromatic nitrogens is 2. The molecule has 0 saturated heterocycles. The Hall–Kier alpha value is -0.520. The molecule has 0 aliphatic carbocycles. The lowest BCUT2D eigenvalue weighted by Crippen LogP contribution is -2.26. The van der Waals surface area contributed by atoms with Crippen LogP contribution in [0.1, 0.15) is 19.0 Å². The quantitative estimate of drug-likeness (QED) is 0.860. The largest absolute Gasteiger partial charge is 0.309 e. The summed E-state index contributed by atoms with van der Waals surface area (Å²) >= 11 is 3.58. The summed E-state index contributed by atoms with van der Waals surface area (Å²) in [5, 5.41) is 5.56. The molecule has 3 nitrogen and oxygen atoms in total. The van der Waals surface area contributed by atoms with Crippen LogP contribution in [0.4, 0.5) is 0 Å². The Morgan fingerprint density at radius 3 is 3.25 bits per heavy atom. The first-order valence-corrected chi connectivity index (χ1v) is 7.70. The zero-order valence-electron chi connectivity index (χ0n) is 9.64. The van der Waals surface area contributed by atoms with Crippen LogP contribution < -0.4 is 5.32 Å². The van der Waals surface area contributed by atoms with E-state index in [4.69, 9.17) is 0 Å². The normalized spacial score (nSPS) is 13.4. The van der Waals surface area contributed by atoms with Crippen molar-refractivity contribution < 1.29 is 0 Å². The lowest BCUT2D eigenvalue weighted by molar-refractivity contribution is 0.533. The SMILES string of the molecule is CSCCC(C)NCc1cn2ccsc2n1. The van der Waals surface area contributed by atoms with Gasteiger partial charge in [0.2, 0.25) is 0 Å². The average Bonchev–Trinajstić information content (AvgIpc) is 2.83. The van der Waals surface area contributed by atoms with Crippen LogP contribution in [0.25, 0.3) is 4.96 Å². The second-order valence-corrected chi connectivity index (χ2v) is 5.75. The third-order valence-electron chi connectivity index (χ3n) is 2.53. The predicted octanol–water partition coefficient (Wildman–Crippen LogP) is 2.63. The summed E-state index contributed by atoms with van der Waals surface area (Å²) in [6.07, 6.45) is 7.51. The third kappa shape index (κ3) is 2.99. The average molecular weight is 255 g/mol. The van der Waals surface area contributed by atoms with Crippen molar-refractivity contribution in [1.29, 1.82) is 0 Å². The highest BCUT2D eigenvalue weighted by molar-refractivity contribution is 7.98. The van der Waals surface area contributed by atoms with Crippen molar-refractivity contribution in [2.24, 2.45) is 0 Å². The second kappa shape index (κ2) is 5.70. The van der Waals surface area contributed by atoms with E-state index in [1.165, 1.54) is 12.2 Å². The van der Waals surface area contributed by atoms with Gasteiger partial charge in [-0.2, -0.15) is 11.8 Å². The number of nitrogens with zero attached hydrogens (tertiary/aromatic N) is 2. The van der Waals surface area contributed by atoms with Crippen molar-refractivity contribution in [2.45, 2.75) is 25.9 Å². The van der Waals surface area contributed by atoms with Gasteiger partial charge in [-0.05, 0) is 25.4 Å². The van der Waals surface area contributed by atoms with Crippen LogP contribution in [0, 0.1) is 0 Å². The van der Waals surface area contributed by atoms with Crippen molar-refractivity contribution in [2.75, 3.05) is 12.0 Å². The number of imidazole rings is 1. The molecule has 2 aromatic heterocycles. The van der Waals surface area contributed by atoms with Gasteiger partial charge in [-0.25, -0.2) is 4.98 Å². The molecule has 0 aliphatic heterocycles. The summed E-state index contributed by atoms with van der Waals surface area (Å²) in [4.78, 5) is 5.62. The molecule has 0 bridgehead atoms. The van der Waals surface area contributed by atoms with Crippen molar-refractivity contribution in [3.63, 3.8) is 0 Å². The van der Waals surface area contributed by atoms with Gasteiger partial charge in [0.15, 0.2) is 4.96 Å². The Kier molecular flexibility index (Phi) is 4.26. The molecule has 2 aromatic rings. The first-order valence-electron chi connectivity index (χ1n) is 5.43. The molecule has 0 radical (unpaired) electrons. The molecule has 16 heavy (non-hydrogen) atoms. The summed E-state index contributed by atoms with van der Waals surface area (Å²) in [6.45, 7) is 3.10. The first kappa shape index (κ1) is 12.0. The highest BCUT2D eigenvalue weighted by Crippen LogP contribution is 2.11. The molecule has 2 heterocycles. The Morgan fingerprint density at radius 1 is 1.62 bits per heavy atom. The Labute approximate surface area is 104 Å². The summed E-state index contributed by atoms with van der Waals surface area (Å²) in [7, 11) is 0. The fourth-order valence-corrected chi connectivity index (χ4v) is 2.84. The maximum atomic E-state index is 4.54. The summed E-state index contributed by atoms with van der Waals surface area (Å²) in [5.74, 6) is 1.21. The molecule has 0 spiro atoms. The Morgan fingerprint density at radius 2 is 2.50 bits per heavy atom. The molecule has 0 aliphatic rings. The van der Waals surface area contributed by atoms with E-state index in [0.29, 0.717) is 6.04 Å². The molecule has 0 fully saturated rings. The van der Waals surface area contributed by atoms with Gasteiger partial charge in [-0.1, -0.05) is 0 Å². The van der Waals surface area contributed by atoms with E-state index in [-0.39, 0.29) is 0 Å². The fraction of sp³-hybridized carbons (Fsp3) is 0.545. The minimum Gasteiger partial charge on any atom is -0.309 e. The van der Waals surface area contributed by atoms with E-state index in [2.05, 4.69) is 39.5 Å². The Bertz CT molecular complexity index is 407. The van der Waals surface area contributed by atoms with E-state index in [1.54, 1.807) is 11.3 Å². The topological polar surface area (TPSA) is 29.3 Å². The highest BCUT2D eigenvalue weighted by atomic mass is 32.2. The summed E-state index contributed by atoms with van der Waals surface area (Å²) in [6, 6.07) is 0.562. The van der Waals surface area contributed by atoms with Crippen molar-refractivity contribution in [3.8, 4) is 0 Å². The van der Waals surface area contributed by atoms with Gasteiger partial charge in [0, 0.05) is 30.4 Å². The zero-order valence-corrected chi connectivity index (χ0v) is 11.3. The highest BCUT2D eigenvalue weighted by Gasteiger charge is 2.04. The van der Waals surface area contributed by atoms with Crippen LogP contribution in [0.3, 0.4) is 0 Å². The maximum Gasteiger partial charge on any atom is 0.193 e. The molecule has 2 rings (SSSR count). The maximum absolute atomic E-state index is 4.54. The van der Waals surface area contributed by atoms with Gasteiger partial charge >= 0.3 is 0 Å². The second-order valence-electron chi connectivity index (χ2n) is 3.89. The molecule has 5 heteroatoms. The number of thiazole rings is 1. The number of hydrogen-bond donors (Lipinski definition) is 1. The first-order chi connectivity index (χ1) is 7.79. The number of rotatable bonds is 6. The zero-order chi connectivity index (χ0) is 11.4. The van der Waals surface area contributed by atoms with Gasteiger partial charge in [-0.15, -0.1) is 11.3 Å². The Balaban J connectivity index is 1.83. The summed E-state index contributed by atoms with van der Waals surface area (Å²) < 4.78 is 2.08. The van der Waals surface area contributed by atoms with Crippen LogP contribution in [-0.4, -0.2) is 27.4 Å². The van der Waals surface area contributed by atoms with Crippen molar-refractivity contribution >= 4 is 28.1 Å². The number of hydrogen-bond acceptors (Lipinski definition) is 4. The van der Waals surface area contributed by atoms with E-state index >= 15 is 0 Å². The molecule has 0 aromatic carbocycles. The number of thioether (sulfide) groups is 1. The molecule has 0 amide bonds. The van der Waals surface area contributed by atoms with Crippen molar-refractivity contribution in [1.82, 2.24) is 14.7 Å². The van der Waals surface area contributed by atoms with Gasteiger partial charge in [0.05, 0.1) is 5.69 Å². The van der Waals surface area contributed by atoms with Gasteiger partial charge in [0.25, 0.3) is 0 Å². The lowest BCUT2D eigenvalue weighted by Gasteiger charge is -2.11. The molecule has 88 valence electrons. The lowest BCUT2D eigenvalue weighted by atomic mass is 10.2. The van der Waals surface area contributed by atoms with Crippen LogP contribution >= 0.6 is 23.1 Å². The third-order valence-corrected chi connectivity index (χ3v) is 3.94. The minimum absolute atomic E-state index is 0.562. The van der Waals surface area contributed by atoms with Crippen molar-refractivity contribution in [3.05, 3.63) is 23.5 Å². The van der Waals surface area contributed by atoms with Gasteiger partial charge < -0.3 is 5.32 Å². The molecule has 1 N–H and O–H groups in total. The molecular formula is C11H17N3S2. The predicted molar refractivity (Wildman–Crippen MR) is 72.4 cm³/mol. The molecular weight excluding hydrogens is 238 g/mol. The van der Waals surface area contributed by atoms with Crippen LogP contribution in [0.15, 0.2) is 17.8 Å².